The molecule has 1 aromatic carbocycles. The van der Waals surface area contributed by atoms with Crippen LogP contribution in [0.4, 0.5) is 0 Å². The molecule has 2 rings (SSSR count). The first kappa shape index (κ1) is 11.8. The minimum Gasteiger partial charge on any atom is -0.497 e. The molecule has 0 bridgehead atoms. The van der Waals surface area contributed by atoms with Gasteiger partial charge in [0.15, 0.2) is 5.78 Å². The van der Waals surface area contributed by atoms with Crippen LogP contribution in [-0.2, 0) is 4.79 Å². The average Bonchev–Trinajstić information content (AvgIpc) is 2.39. The van der Waals surface area contributed by atoms with E-state index in [0.29, 0.717) is 37.0 Å². The van der Waals surface area contributed by atoms with E-state index in [1.165, 1.54) is 0 Å². The number of ketones is 2. The van der Waals surface area contributed by atoms with Crippen molar-refractivity contribution in [2.75, 3.05) is 7.11 Å². The Morgan fingerprint density at radius 1 is 1.29 bits per heavy atom. The summed E-state index contributed by atoms with van der Waals surface area (Å²) in [6.45, 7) is 0. The highest BCUT2D eigenvalue weighted by Gasteiger charge is 2.25. The van der Waals surface area contributed by atoms with E-state index in [-0.39, 0.29) is 17.5 Å². The number of rotatable bonds is 3. The largest absolute Gasteiger partial charge is 0.497 e. The minimum absolute atomic E-state index is 0.000180. The second-order valence-electron chi connectivity index (χ2n) is 4.41. The molecule has 1 saturated carbocycles. The van der Waals surface area contributed by atoms with Gasteiger partial charge >= 0.3 is 0 Å². The van der Waals surface area contributed by atoms with Crippen molar-refractivity contribution in [2.24, 2.45) is 5.92 Å². The van der Waals surface area contributed by atoms with Crippen LogP contribution in [-0.4, -0.2) is 18.7 Å². The van der Waals surface area contributed by atoms with Gasteiger partial charge in [0, 0.05) is 24.3 Å². The monoisotopic (exact) mass is 232 g/mol. The maximum absolute atomic E-state index is 12.2. The topological polar surface area (TPSA) is 43.4 Å². The van der Waals surface area contributed by atoms with Crippen molar-refractivity contribution in [1.29, 1.82) is 0 Å². The second-order valence-corrected chi connectivity index (χ2v) is 4.41. The number of carbonyl (C=O) groups is 2. The Morgan fingerprint density at radius 3 is 2.65 bits per heavy atom. The van der Waals surface area contributed by atoms with Crippen molar-refractivity contribution in [2.45, 2.75) is 25.7 Å². The summed E-state index contributed by atoms with van der Waals surface area (Å²) in [6, 6.07) is 7.21. The zero-order valence-electron chi connectivity index (χ0n) is 9.94. The summed E-state index contributed by atoms with van der Waals surface area (Å²) < 4.78 is 5.10. The first-order valence-corrected chi connectivity index (χ1v) is 5.90. The summed E-state index contributed by atoms with van der Waals surface area (Å²) in [4.78, 5) is 23.3. The van der Waals surface area contributed by atoms with Gasteiger partial charge in [-0.25, -0.2) is 0 Å². The van der Waals surface area contributed by atoms with Crippen molar-refractivity contribution in [3.8, 4) is 5.75 Å². The molecule has 3 heteroatoms. The molecule has 0 aromatic heterocycles. The van der Waals surface area contributed by atoms with Gasteiger partial charge in [-0.15, -0.1) is 0 Å². The van der Waals surface area contributed by atoms with E-state index in [0.717, 1.165) is 0 Å². The van der Waals surface area contributed by atoms with Crippen LogP contribution >= 0.6 is 0 Å². The van der Waals surface area contributed by atoms with Crippen LogP contribution in [0.25, 0.3) is 0 Å². The van der Waals surface area contributed by atoms with Gasteiger partial charge < -0.3 is 4.74 Å². The third-order valence-corrected chi connectivity index (χ3v) is 3.27. The fourth-order valence-corrected chi connectivity index (χ4v) is 2.21. The van der Waals surface area contributed by atoms with E-state index >= 15 is 0 Å². The Kier molecular flexibility index (Phi) is 3.57. The zero-order chi connectivity index (χ0) is 12.3. The van der Waals surface area contributed by atoms with Crippen LogP contribution in [0.3, 0.4) is 0 Å². The van der Waals surface area contributed by atoms with Crippen LogP contribution in [0.1, 0.15) is 36.0 Å². The lowest BCUT2D eigenvalue weighted by molar-refractivity contribution is -0.120. The molecule has 0 spiro atoms. The maximum Gasteiger partial charge on any atom is 0.166 e. The summed E-state index contributed by atoms with van der Waals surface area (Å²) in [7, 11) is 1.59. The molecule has 0 saturated heterocycles. The van der Waals surface area contributed by atoms with Crippen LogP contribution < -0.4 is 4.74 Å². The molecule has 0 unspecified atom stereocenters. The van der Waals surface area contributed by atoms with E-state index in [1.807, 2.05) is 12.1 Å². The molecule has 90 valence electrons. The zero-order valence-corrected chi connectivity index (χ0v) is 9.94. The Labute approximate surface area is 101 Å². The molecular formula is C14H16O3. The third kappa shape index (κ3) is 2.73. The van der Waals surface area contributed by atoms with Gasteiger partial charge in [-0.2, -0.15) is 0 Å². The highest BCUT2D eigenvalue weighted by Crippen LogP contribution is 2.26. The van der Waals surface area contributed by atoms with E-state index in [2.05, 4.69) is 0 Å². The second kappa shape index (κ2) is 5.13. The molecule has 0 atom stereocenters. The van der Waals surface area contributed by atoms with Gasteiger partial charge in [-0.1, -0.05) is 12.1 Å². The molecule has 0 aliphatic heterocycles. The summed E-state index contributed by atoms with van der Waals surface area (Å²) in [5, 5.41) is 0. The third-order valence-electron chi connectivity index (χ3n) is 3.27. The summed E-state index contributed by atoms with van der Waals surface area (Å²) in [5.41, 5.74) is 0.684. The van der Waals surface area contributed by atoms with Gasteiger partial charge in [0.25, 0.3) is 0 Å². The van der Waals surface area contributed by atoms with Crippen molar-refractivity contribution in [3.05, 3.63) is 29.8 Å². The van der Waals surface area contributed by atoms with E-state index in [4.69, 9.17) is 4.74 Å². The maximum atomic E-state index is 12.2. The highest BCUT2D eigenvalue weighted by molar-refractivity contribution is 5.99. The summed E-state index contributed by atoms with van der Waals surface area (Å²) in [5.74, 6) is 1.11. The molecule has 0 heterocycles. The van der Waals surface area contributed by atoms with Gasteiger partial charge in [0.05, 0.1) is 7.11 Å². The number of benzene rings is 1. The minimum atomic E-state index is -0.000180. The number of ether oxygens (including phenoxy) is 1. The molecule has 1 aliphatic carbocycles. The van der Waals surface area contributed by atoms with Crippen molar-refractivity contribution >= 4 is 11.6 Å². The molecule has 0 N–H and O–H groups in total. The van der Waals surface area contributed by atoms with Crippen molar-refractivity contribution < 1.29 is 14.3 Å². The lowest BCUT2D eigenvalue weighted by Gasteiger charge is -2.19. The van der Waals surface area contributed by atoms with E-state index < -0.39 is 0 Å². The molecule has 0 amide bonds. The molecule has 1 aromatic rings. The van der Waals surface area contributed by atoms with Gasteiger partial charge in [0.2, 0.25) is 0 Å². The predicted octanol–water partition coefficient (Wildman–Crippen LogP) is 2.64. The Bertz CT molecular complexity index is 427. The lowest BCUT2D eigenvalue weighted by Crippen LogP contribution is -2.21. The normalized spacial score (nSPS) is 16.9. The predicted molar refractivity (Wildman–Crippen MR) is 64.3 cm³/mol. The highest BCUT2D eigenvalue weighted by atomic mass is 16.5. The number of carbonyl (C=O) groups excluding carboxylic acids is 2. The van der Waals surface area contributed by atoms with E-state index in [1.54, 1.807) is 19.2 Å². The standard InChI is InChI=1S/C14H16O3/c1-17-13-4-2-3-11(9-13)14(16)10-5-7-12(15)8-6-10/h2-4,9-10H,5-8H2,1H3. The lowest BCUT2D eigenvalue weighted by atomic mass is 9.83. The molecule has 17 heavy (non-hydrogen) atoms. The smallest absolute Gasteiger partial charge is 0.166 e. The average molecular weight is 232 g/mol. The van der Waals surface area contributed by atoms with Crippen LogP contribution in [0.5, 0.6) is 5.75 Å². The number of hydrogen-bond acceptors (Lipinski definition) is 3. The molecule has 0 radical (unpaired) electrons. The summed E-state index contributed by atoms with van der Waals surface area (Å²) in [6.07, 6.45) is 2.46. The van der Waals surface area contributed by atoms with Gasteiger partial charge in [-0.3, -0.25) is 9.59 Å². The molecule has 3 nitrogen and oxygen atoms in total. The van der Waals surface area contributed by atoms with Crippen molar-refractivity contribution in [3.63, 3.8) is 0 Å². The fraction of sp³-hybridized carbons (Fsp3) is 0.429. The van der Waals surface area contributed by atoms with Gasteiger partial charge in [0.1, 0.15) is 11.5 Å². The molecule has 1 aliphatic rings. The first-order chi connectivity index (χ1) is 8.20. The van der Waals surface area contributed by atoms with Crippen LogP contribution in [0, 0.1) is 5.92 Å². The van der Waals surface area contributed by atoms with E-state index in [9.17, 15) is 9.59 Å². The number of methoxy groups -OCH3 is 1. The number of Topliss-reactive ketones (excluding diaryl/α,β-unsaturated/α-hetero) is 2. The molecule has 1 fully saturated rings. The van der Waals surface area contributed by atoms with Crippen LogP contribution in [0.15, 0.2) is 24.3 Å². The Hall–Kier alpha value is -1.64. The summed E-state index contributed by atoms with van der Waals surface area (Å²) >= 11 is 0. The first-order valence-electron chi connectivity index (χ1n) is 5.90. The fourth-order valence-electron chi connectivity index (χ4n) is 2.21. The number of hydrogen-bond donors (Lipinski definition) is 0. The van der Waals surface area contributed by atoms with Crippen molar-refractivity contribution in [1.82, 2.24) is 0 Å². The molecular weight excluding hydrogens is 216 g/mol. The SMILES string of the molecule is COc1cccc(C(=O)C2CCC(=O)CC2)c1. The van der Waals surface area contributed by atoms with Crippen LogP contribution in [0.2, 0.25) is 0 Å². The quantitative estimate of drug-likeness (QED) is 0.752. The Morgan fingerprint density at radius 2 is 2.00 bits per heavy atom. The van der Waals surface area contributed by atoms with Gasteiger partial charge in [-0.05, 0) is 25.0 Å². The Balaban J connectivity index is 2.10.